The molecule has 2 aromatic carbocycles. The van der Waals surface area contributed by atoms with Gasteiger partial charge in [-0.05, 0) is 131 Å². The number of phenols is 1. The number of hydrogen-bond donors (Lipinski definition) is 1. The van der Waals surface area contributed by atoms with Gasteiger partial charge in [0, 0.05) is 12.5 Å². The molecule has 0 aliphatic heterocycles. The summed E-state index contributed by atoms with van der Waals surface area (Å²) in [5.74, 6) is 4.12. The maximum absolute atomic E-state index is 9.94. The van der Waals surface area contributed by atoms with Crippen molar-refractivity contribution in [2.24, 2.45) is 5.92 Å². The standard InChI is InChI=1S/C32H35NO2.Fe/c1-24(25-9-4-5-10-25)23-31(26-11-6-7-12-26)32(27-13-17-29(34)18-14-27)28-15-19-30(20-16-28)35-22-8-21-33(2)3;/h4-7,9-20,24,34H,8,21-23H2,1-3H3;/q;+2/b32-31+;. The summed E-state index contributed by atoms with van der Waals surface area (Å²) in [6.45, 7) is 4.00. The maximum atomic E-state index is 9.94. The molecule has 2 aliphatic carbocycles. The summed E-state index contributed by atoms with van der Waals surface area (Å²) in [7, 11) is 4.16. The van der Waals surface area contributed by atoms with Crippen LogP contribution in [-0.4, -0.2) is 37.3 Å². The van der Waals surface area contributed by atoms with Gasteiger partial charge in [-0.15, -0.1) is 0 Å². The van der Waals surface area contributed by atoms with Gasteiger partial charge in [0.05, 0.1) is 6.61 Å². The number of rotatable bonds is 11. The van der Waals surface area contributed by atoms with E-state index in [-0.39, 0.29) is 22.8 Å². The maximum Gasteiger partial charge on any atom is 2.00 e. The van der Waals surface area contributed by atoms with Gasteiger partial charge in [-0.3, -0.25) is 0 Å². The Morgan fingerprint density at radius 3 is 1.97 bits per heavy atom. The number of aromatic hydroxyl groups is 1. The van der Waals surface area contributed by atoms with E-state index in [9.17, 15) is 5.11 Å². The Kier molecular flexibility index (Phi) is 11.4. The quantitative estimate of drug-likeness (QED) is 0.276. The van der Waals surface area contributed by atoms with E-state index >= 15 is 0 Å². The first-order valence-corrected chi connectivity index (χ1v) is 12.4. The Hall–Kier alpha value is -1.74. The molecule has 2 fully saturated rings. The third-order valence-corrected chi connectivity index (χ3v) is 6.40. The van der Waals surface area contributed by atoms with Gasteiger partial charge < -0.3 is 14.7 Å². The van der Waals surface area contributed by atoms with Gasteiger partial charge in [0.2, 0.25) is 0 Å². The molecule has 36 heavy (non-hydrogen) atoms. The molecule has 0 amide bonds. The van der Waals surface area contributed by atoms with E-state index in [4.69, 9.17) is 4.74 Å². The summed E-state index contributed by atoms with van der Waals surface area (Å²) >= 11 is 0. The molecule has 0 spiro atoms. The molecular weight excluding hydrogens is 486 g/mol. The number of phenolic OH excluding ortho intramolecular Hbond substituents is 1. The molecule has 0 heterocycles. The Morgan fingerprint density at radius 2 is 1.39 bits per heavy atom. The van der Waals surface area contributed by atoms with Crippen LogP contribution in [0.3, 0.4) is 0 Å². The third-order valence-electron chi connectivity index (χ3n) is 6.40. The largest absolute Gasteiger partial charge is 2.00 e. The van der Waals surface area contributed by atoms with Crippen molar-refractivity contribution >= 4 is 5.57 Å². The molecule has 2 saturated carbocycles. The van der Waals surface area contributed by atoms with Crippen LogP contribution in [0.25, 0.3) is 5.57 Å². The second-order valence-corrected chi connectivity index (χ2v) is 9.43. The van der Waals surface area contributed by atoms with Gasteiger partial charge >= 0.3 is 17.1 Å². The zero-order valence-electron chi connectivity index (χ0n) is 21.3. The third kappa shape index (κ3) is 7.88. The van der Waals surface area contributed by atoms with Gasteiger partial charge in [0.1, 0.15) is 11.5 Å². The van der Waals surface area contributed by atoms with Crippen molar-refractivity contribution in [3.63, 3.8) is 0 Å². The van der Waals surface area contributed by atoms with Gasteiger partial charge in [-0.2, -0.15) is 0 Å². The second-order valence-electron chi connectivity index (χ2n) is 9.43. The molecule has 1 N–H and O–H groups in total. The summed E-state index contributed by atoms with van der Waals surface area (Å²) < 4.78 is 5.98. The molecule has 0 saturated heterocycles. The molecule has 0 aromatic heterocycles. The van der Waals surface area contributed by atoms with E-state index in [1.165, 1.54) is 23.0 Å². The summed E-state index contributed by atoms with van der Waals surface area (Å²) in [5.41, 5.74) is 4.72. The van der Waals surface area contributed by atoms with Crippen LogP contribution >= 0.6 is 0 Å². The predicted octanol–water partition coefficient (Wildman–Crippen LogP) is 6.36. The van der Waals surface area contributed by atoms with Crippen LogP contribution in [0.2, 0.25) is 0 Å². The van der Waals surface area contributed by atoms with Crippen molar-refractivity contribution in [1.29, 1.82) is 0 Å². The minimum atomic E-state index is 0. The van der Waals surface area contributed by atoms with E-state index in [0.717, 1.165) is 36.3 Å². The summed E-state index contributed by atoms with van der Waals surface area (Å²) in [6, 6.07) is 16.0. The molecule has 1 unspecified atom stereocenters. The average molecular weight is 521 g/mol. The monoisotopic (exact) mass is 521 g/mol. The molecular formula is C32H35FeNO2+2. The first-order chi connectivity index (χ1) is 17.0. The van der Waals surface area contributed by atoms with Gasteiger partial charge in [0.15, 0.2) is 0 Å². The van der Waals surface area contributed by atoms with E-state index in [0.29, 0.717) is 12.5 Å². The summed E-state index contributed by atoms with van der Waals surface area (Å²) in [6.07, 6.45) is 19.1. The van der Waals surface area contributed by atoms with Gasteiger partial charge in [0.25, 0.3) is 0 Å². The topological polar surface area (TPSA) is 32.7 Å². The second kappa shape index (κ2) is 14.3. The Balaban J connectivity index is 0.00000361. The van der Waals surface area contributed by atoms with Crippen LogP contribution in [0, 0.1) is 69.1 Å². The van der Waals surface area contributed by atoms with Gasteiger partial charge in [-0.1, -0.05) is 36.8 Å². The number of nitrogens with zero attached hydrogens (tertiary/aromatic N) is 1. The van der Waals surface area contributed by atoms with Crippen LogP contribution in [0.5, 0.6) is 11.5 Å². The van der Waals surface area contributed by atoms with Crippen molar-refractivity contribution < 1.29 is 26.9 Å². The van der Waals surface area contributed by atoms with Crippen LogP contribution in [0.4, 0.5) is 0 Å². The molecule has 10 radical (unpaired) electrons. The van der Waals surface area contributed by atoms with E-state index in [1.807, 2.05) is 12.1 Å². The molecule has 4 rings (SSSR count). The smallest absolute Gasteiger partial charge is 0.508 e. The van der Waals surface area contributed by atoms with Crippen molar-refractivity contribution in [2.45, 2.75) is 19.8 Å². The number of ether oxygens (including phenoxy) is 1. The molecule has 0 bridgehead atoms. The van der Waals surface area contributed by atoms with Crippen LogP contribution in [0.1, 0.15) is 30.9 Å². The fourth-order valence-electron chi connectivity index (χ4n) is 4.51. The predicted molar refractivity (Wildman–Crippen MR) is 144 cm³/mol. The zero-order chi connectivity index (χ0) is 24.6. The molecule has 2 aliphatic rings. The van der Waals surface area contributed by atoms with E-state index in [1.54, 1.807) is 12.1 Å². The van der Waals surface area contributed by atoms with Crippen molar-refractivity contribution in [3.8, 4) is 11.5 Å². The first-order valence-electron chi connectivity index (χ1n) is 12.4. The van der Waals surface area contributed by atoms with Crippen LogP contribution < -0.4 is 4.74 Å². The Labute approximate surface area is 229 Å². The number of hydrogen-bond acceptors (Lipinski definition) is 3. The number of allylic oxidation sites excluding steroid dienone is 1. The number of benzene rings is 2. The fourth-order valence-corrected chi connectivity index (χ4v) is 4.51. The van der Waals surface area contributed by atoms with Crippen molar-refractivity contribution in [1.82, 2.24) is 4.90 Å². The summed E-state index contributed by atoms with van der Waals surface area (Å²) in [4.78, 5) is 2.17. The van der Waals surface area contributed by atoms with E-state index in [2.05, 4.69) is 102 Å². The van der Waals surface area contributed by atoms with Crippen LogP contribution in [-0.2, 0) is 17.1 Å². The minimum Gasteiger partial charge on any atom is -0.508 e. The molecule has 3 nitrogen and oxygen atoms in total. The molecule has 1 atom stereocenters. The molecule has 186 valence electrons. The normalized spacial score (nSPS) is 18.2. The molecule has 2 aromatic rings. The Bertz CT molecular complexity index is 939. The minimum absolute atomic E-state index is 0. The average Bonchev–Trinajstić information content (AvgIpc) is 3.58. The summed E-state index contributed by atoms with van der Waals surface area (Å²) in [5, 5.41) is 9.94. The van der Waals surface area contributed by atoms with Crippen LogP contribution in [0.15, 0.2) is 54.1 Å². The fraction of sp³-hybridized carbons (Fsp3) is 0.250. The van der Waals surface area contributed by atoms with Crippen molar-refractivity contribution in [2.75, 3.05) is 27.2 Å². The zero-order valence-corrected chi connectivity index (χ0v) is 22.4. The molecule has 4 heteroatoms. The SMILES string of the molecule is CC(C/C([C]1[CH][CH][CH][CH]1)=C(/c1ccc(O)cc1)c1ccc(OCCCN(C)C)cc1)[C]1[CH][CH][CH][CH]1.[Fe+2]. The first kappa shape index (κ1) is 28.8. The van der Waals surface area contributed by atoms with E-state index < -0.39 is 0 Å². The van der Waals surface area contributed by atoms with Gasteiger partial charge in [-0.25, -0.2) is 0 Å². The Morgan fingerprint density at radius 1 is 0.833 bits per heavy atom. The van der Waals surface area contributed by atoms with Crippen molar-refractivity contribution in [3.05, 3.63) is 128 Å².